The van der Waals surface area contributed by atoms with E-state index in [4.69, 9.17) is 0 Å². The minimum atomic E-state index is -0.591. The van der Waals surface area contributed by atoms with Crippen molar-refractivity contribution in [1.82, 2.24) is 4.57 Å². The Morgan fingerprint density at radius 2 is 1.62 bits per heavy atom. The smallest absolute Gasteiger partial charge is 0.269 e. The zero-order chi connectivity index (χ0) is 24.2. The first kappa shape index (κ1) is 23.0. The third kappa shape index (κ3) is 4.77. The van der Waals surface area contributed by atoms with Gasteiger partial charge < -0.3 is 0 Å². The van der Waals surface area contributed by atoms with Crippen LogP contribution in [-0.2, 0) is 0 Å². The van der Waals surface area contributed by atoms with Crippen LogP contribution in [0.1, 0.15) is 35.7 Å². The quantitative estimate of drug-likeness (QED) is 0.290. The predicted octanol–water partition coefficient (Wildman–Crippen LogP) is 5.34. The first-order valence-corrected chi connectivity index (χ1v) is 11.4. The molecule has 4 rings (SSSR count). The maximum atomic E-state index is 13.4. The van der Waals surface area contributed by atoms with E-state index >= 15 is 0 Å². The van der Waals surface area contributed by atoms with Gasteiger partial charge in [0, 0.05) is 28.6 Å². The summed E-state index contributed by atoms with van der Waals surface area (Å²) in [7, 11) is 0. The summed E-state index contributed by atoms with van der Waals surface area (Å²) >= 11 is 1.23. The Morgan fingerprint density at radius 1 is 0.971 bits per heavy atom. The van der Waals surface area contributed by atoms with Crippen LogP contribution in [0.15, 0.2) is 94.7 Å². The van der Waals surface area contributed by atoms with Gasteiger partial charge in [0.15, 0.2) is 0 Å². The summed E-state index contributed by atoms with van der Waals surface area (Å²) < 4.78 is 1.45. The number of para-hydroxylation sites is 1. The van der Waals surface area contributed by atoms with Gasteiger partial charge in [-0.1, -0.05) is 73.7 Å². The van der Waals surface area contributed by atoms with Crippen molar-refractivity contribution in [2.45, 2.75) is 19.8 Å². The van der Waals surface area contributed by atoms with E-state index in [2.05, 4.69) is 4.99 Å². The van der Waals surface area contributed by atoms with Crippen LogP contribution in [0.2, 0.25) is 0 Å². The molecule has 3 aromatic carbocycles. The largest absolute Gasteiger partial charge is 0.279 e. The molecule has 170 valence electrons. The molecular formula is C26H21N3O4S. The second kappa shape index (κ2) is 9.76. The van der Waals surface area contributed by atoms with E-state index in [-0.39, 0.29) is 27.5 Å². The van der Waals surface area contributed by atoms with E-state index in [9.17, 15) is 19.7 Å². The Kier molecular flexibility index (Phi) is 6.60. The number of amides is 1. The second-order valence-corrected chi connectivity index (χ2v) is 8.88. The minimum absolute atomic E-state index is 0.117. The highest BCUT2D eigenvalue weighted by Crippen LogP contribution is 2.24. The molecule has 1 heterocycles. The number of benzene rings is 3. The van der Waals surface area contributed by atoms with Crippen LogP contribution in [0.25, 0.3) is 16.1 Å². The Bertz CT molecular complexity index is 1490. The molecule has 0 bridgehead atoms. The summed E-state index contributed by atoms with van der Waals surface area (Å²) in [5.41, 5.74) is 2.22. The van der Waals surface area contributed by atoms with Crippen molar-refractivity contribution < 1.29 is 9.72 Å². The molecule has 0 spiro atoms. The van der Waals surface area contributed by atoms with Crippen molar-refractivity contribution >= 4 is 22.9 Å². The minimum Gasteiger partial charge on any atom is -0.269 e. The predicted molar refractivity (Wildman–Crippen MR) is 132 cm³/mol. The molecule has 8 heteroatoms. The maximum Gasteiger partial charge on any atom is 0.279 e. The number of nitrogens with zero attached hydrogens (tertiary/aromatic N) is 3. The van der Waals surface area contributed by atoms with Crippen molar-refractivity contribution in [3.8, 4) is 16.1 Å². The van der Waals surface area contributed by atoms with Crippen LogP contribution in [-0.4, -0.2) is 15.4 Å². The highest BCUT2D eigenvalue weighted by Gasteiger charge is 2.15. The third-order valence-corrected chi connectivity index (χ3v) is 6.28. The highest BCUT2D eigenvalue weighted by atomic mass is 32.1. The molecule has 0 N–H and O–H groups in total. The molecule has 0 saturated carbocycles. The first-order valence-electron chi connectivity index (χ1n) is 10.6. The lowest BCUT2D eigenvalue weighted by molar-refractivity contribution is -0.384. The summed E-state index contributed by atoms with van der Waals surface area (Å²) in [5.74, 6) is -0.452. The van der Waals surface area contributed by atoms with Gasteiger partial charge >= 0.3 is 0 Å². The molecule has 0 unspecified atom stereocenters. The van der Waals surface area contributed by atoms with Gasteiger partial charge in [-0.3, -0.25) is 24.3 Å². The molecule has 0 saturated heterocycles. The van der Waals surface area contributed by atoms with Gasteiger partial charge in [0.25, 0.3) is 17.2 Å². The lowest BCUT2D eigenvalue weighted by Crippen LogP contribution is -2.31. The maximum absolute atomic E-state index is 13.4. The molecule has 0 aliphatic heterocycles. The van der Waals surface area contributed by atoms with Crippen molar-refractivity contribution in [1.29, 1.82) is 0 Å². The highest BCUT2D eigenvalue weighted by molar-refractivity contribution is 7.12. The van der Waals surface area contributed by atoms with Gasteiger partial charge in [0.05, 0.1) is 10.6 Å². The van der Waals surface area contributed by atoms with E-state index in [0.717, 1.165) is 11.1 Å². The number of nitro benzene ring substituents is 1. The number of hydrogen-bond donors (Lipinski definition) is 0. The third-order valence-electron chi connectivity index (χ3n) is 5.25. The lowest BCUT2D eigenvalue weighted by Gasteiger charge is -2.15. The summed E-state index contributed by atoms with van der Waals surface area (Å²) in [5, 5.41) is 10.9. The topological polar surface area (TPSA) is 94.6 Å². The second-order valence-electron chi connectivity index (χ2n) is 7.87. The van der Waals surface area contributed by atoms with Gasteiger partial charge in [-0.2, -0.15) is 4.99 Å². The Morgan fingerprint density at radius 3 is 2.26 bits per heavy atom. The van der Waals surface area contributed by atoms with Crippen LogP contribution in [0, 0.1) is 10.1 Å². The molecule has 34 heavy (non-hydrogen) atoms. The summed E-state index contributed by atoms with van der Waals surface area (Å²) in [6.45, 7) is 4.06. The lowest BCUT2D eigenvalue weighted by atomic mass is 10.0. The molecule has 7 nitrogen and oxygen atoms in total. The van der Waals surface area contributed by atoms with Crippen LogP contribution >= 0.6 is 11.3 Å². The Hall–Kier alpha value is -4.17. The van der Waals surface area contributed by atoms with Gasteiger partial charge in [-0.25, -0.2) is 0 Å². The Balaban J connectivity index is 1.95. The van der Waals surface area contributed by atoms with Crippen molar-refractivity contribution in [3.63, 3.8) is 0 Å². The van der Waals surface area contributed by atoms with Crippen LogP contribution in [0.3, 0.4) is 0 Å². The summed E-state index contributed by atoms with van der Waals surface area (Å²) in [6, 6.07) is 23.7. The first-order chi connectivity index (χ1) is 16.3. The normalized spacial score (nSPS) is 11.6. The van der Waals surface area contributed by atoms with E-state index in [0.29, 0.717) is 10.6 Å². The fourth-order valence-electron chi connectivity index (χ4n) is 3.54. The van der Waals surface area contributed by atoms with Gasteiger partial charge in [-0.15, -0.1) is 0 Å². The van der Waals surface area contributed by atoms with E-state index in [1.165, 1.54) is 40.2 Å². The number of aromatic nitrogens is 1. The number of nitro groups is 1. The zero-order valence-corrected chi connectivity index (χ0v) is 19.4. The van der Waals surface area contributed by atoms with Gasteiger partial charge in [0.2, 0.25) is 4.80 Å². The molecule has 0 aliphatic rings. The molecular weight excluding hydrogens is 450 g/mol. The van der Waals surface area contributed by atoms with Gasteiger partial charge in [0.1, 0.15) is 0 Å². The van der Waals surface area contributed by atoms with Crippen LogP contribution < -0.4 is 10.4 Å². The van der Waals surface area contributed by atoms with Crippen molar-refractivity contribution in [2.75, 3.05) is 0 Å². The molecule has 4 aromatic rings. The summed E-state index contributed by atoms with van der Waals surface area (Å²) in [6.07, 6.45) is 0. The number of carbonyl (C=O) groups excluding carboxylic acids is 1. The molecule has 0 aliphatic carbocycles. The zero-order valence-electron chi connectivity index (χ0n) is 18.5. The molecule has 0 radical (unpaired) electrons. The molecule has 1 aromatic heterocycles. The standard InChI is InChI=1S/C26H21N3O4S/c1-17(2)21-10-6-7-11-22(21)28-24(30)16-23(18-8-4-3-5-9-18)34-26(28)27-25(31)19-12-14-20(15-13-19)29(32)33/h3-17H,1-2H3/b27-26-. The average Bonchev–Trinajstić information content (AvgIpc) is 2.84. The van der Waals surface area contributed by atoms with E-state index in [1.807, 2.05) is 68.4 Å². The molecule has 1 amide bonds. The fourth-order valence-corrected chi connectivity index (χ4v) is 4.56. The number of hydrogen-bond acceptors (Lipinski definition) is 5. The van der Waals surface area contributed by atoms with Gasteiger partial charge in [-0.05, 0) is 35.2 Å². The fraction of sp³-hybridized carbons (Fsp3) is 0.115. The summed E-state index contributed by atoms with van der Waals surface area (Å²) in [4.78, 5) is 42.0. The monoisotopic (exact) mass is 471 g/mol. The van der Waals surface area contributed by atoms with Crippen molar-refractivity contribution in [2.24, 2.45) is 4.99 Å². The van der Waals surface area contributed by atoms with Crippen molar-refractivity contribution in [3.05, 3.63) is 121 Å². The Labute approximate surface area is 199 Å². The number of rotatable bonds is 5. The molecule has 0 atom stereocenters. The van der Waals surface area contributed by atoms with Crippen LogP contribution in [0.4, 0.5) is 5.69 Å². The van der Waals surface area contributed by atoms with E-state index < -0.39 is 10.8 Å². The van der Waals surface area contributed by atoms with Crippen LogP contribution in [0.5, 0.6) is 0 Å². The number of non-ortho nitro benzene ring substituents is 1. The molecule has 0 fully saturated rings. The number of carbonyl (C=O) groups is 1. The SMILES string of the molecule is CC(C)c1ccccc1-n1c(=O)cc(-c2ccccc2)s/c1=N\C(=O)c1ccc([N+](=O)[O-])cc1. The average molecular weight is 472 g/mol. The van der Waals surface area contributed by atoms with E-state index in [1.54, 1.807) is 6.07 Å².